The summed E-state index contributed by atoms with van der Waals surface area (Å²) in [5.74, 6) is -0.200. The Morgan fingerprint density at radius 1 is 1.35 bits per heavy atom. The predicted octanol–water partition coefficient (Wildman–Crippen LogP) is 3.34. The summed E-state index contributed by atoms with van der Waals surface area (Å²) in [6.07, 6.45) is -1.94. The molecule has 23 heavy (non-hydrogen) atoms. The van der Waals surface area contributed by atoms with Crippen LogP contribution in [0.4, 0.5) is 8.78 Å². The van der Waals surface area contributed by atoms with Crippen molar-refractivity contribution in [3.05, 3.63) is 28.8 Å². The van der Waals surface area contributed by atoms with Crippen LogP contribution in [-0.4, -0.2) is 36.3 Å². The summed E-state index contributed by atoms with van der Waals surface area (Å²) in [5.41, 5.74) is 4.13. The van der Waals surface area contributed by atoms with Gasteiger partial charge in [-0.2, -0.15) is 0 Å². The standard InChI is InChI=1S/C12H11ClF2N2O4.C2H6/c1-17-9(2-6(16-17)5-19-18)7-3-10-11(4-8(7)13)21-12(14,15)20-10;1-2/h2-4,6,16,18H,5H2,1H3;1-2H3. The van der Waals surface area contributed by atoms with Gasteiger partial charge < -0.3 is 14.5 Å². The predicted molar refractivity (Wildman–Crippen MR) is 80.2 cm³/mol. The molecule has 0 amide bonds. The highest BCUT2D eigenvalue weighted by Gasteiger charge is 2.44. The van der Waals surface area contributed by atoms with Gasteiger partial charge in [-0.3, -0.25) is 5.26 Å². The van der Waals surface area contributed by atoms with Crippen molar-refractivity contribution < 1.29 is 28.4 Å². The molecule has 0 saturated carbocycles. The molecule has 0 saturated heterocycles. The van der Waals surface area contributed by atoms with E-state index in [0.29, 0.717) is 11.3 Å². The van der Waals surface area contributed by atoms with Crippen LogP contribution in [0.25, 0.3) is 5.70 Å². The van der Waals surface area contributed by atoms with Gasteiger partial charge in [-0.05, 0) is 12.1 Å². The smallest absolute Gasteiger partial charge is 0.395 e. The van der Waals surface area contributed by atoms with Crippen LogP contribution in [0.2, 0.25) is 5.02 Å². The molecule has 1 unspecified atom stereocenters. The van der Waals surface area contributed by atoms with Crippen molar-refractivity contribution in [1.29, 1.82) is 0 Å². The van der Waals surface area contributed by atoms with E-state index in [1.165, 1.54) is 12.1 Å². The summed E-state index contributed by atoms with van der Waals surface area (Å²) in [4.78, 5) is 4.08. The highest BCUT2D eigenvalue weighted by Crippen LogP contribution is 2.45. The van der Waals surface area contributed by atoms with Crippen LogP contribution in [0, 0.1) is 0 Å². The van der Waals surface area contributed by atoms with Crippen LogP contribution in [0.3, 0.4) is 0 Å². The van der Waals surface area contributed by atoms with Gasteiger partial charge in [0.05, 0.1) is 16.8 Å². The zero-order chi connectivity index (χ0) is 17.2. The van der Waals surface area contributed by atoms with E-state index in [1.54, 1.807) is 18.1 Å². The van der Waals surface area contributed by atoms with E-state index in [0.717, 1.165) is 0 Å². The van der Waals surface area contributed by atoms with Crippen LogP contribution in [0.1, 0.15) is 19.4 Å². The molecule has 2 aliphatic rings. The minimum absolute atomic E-state index is 0.0358. The number of ether oxygens (including phenoxy) is 2. The number of rotatable bonds is 3. The summed E-state index contributed by atoms with van der Waals surface area (Å²) in [7, 11) is 1.72. The summed E-state index contributed by atoms with van der Waals surface area (Å²) in [5, 5.41) is 10.4. The summed E-state index contributed by atoms with van der Waals surface area (Å²) in [6, 6.07) is 2.39. The number of halogens is 3. The maximum atomic E-state index is 13.0. The Balaban J connectivity index is 0.000000924. The normalized spacial score (nSPS) is 20.9. The molecular weight excluding hydrogens is 334 g/mol. The zero-order valence-electron chi connectivity index (χ0n) is 12.8. The van der Waals surface area contributed by atoms with Gasteiger partial charge in [0.25, 0.3) is 0 Å². The second-order valence-electron chi connectivity index (χ2n) is 4.59. The van der Waals surface area contributed by atoms with Gasteiger partial charge in [-0.1, -0.05) is 25.4 Å². The lowest BCUT2D eigenvalue weighted by Crippen LogP contribution is -2.36. The second-order valence-corrected chi connectivity index (χ2v) is 5.00. The largest absolute Gasteiger partial charge is 0.586 e. The van der Waals surface area contributed by atoms with Gasteiger partial charge >= 0.3 is 6.29 Å². The SMILES string of the molecule is CC.CN1NC(COO)C=C1c1cc2c(cc1Cl)OC(F)(F)O2. The van der Waals surface area contributed by atoms with E-state index in [-0.39, 0.29) is 29.2 Å². The molecule has 0 aromatic heterocycles. The van der Waals surface area contributed by atoms with Crippen LogP contribution in [0.5, 0.6) is 11.5 Å². The van der Waals surface area contributed by atoms with Crippen molar-refractivity contribution >= 4 is 17.3 Å². The highest BCUT2D eigenvalue weighted by molar-refractivity contribution is 6.32. The first-order valence-electron chi connectivity index (χ1n) is 6.97. The molecule has 0 spiro atoms. The lowest BCUT2D eigenvalue weighted by atomic mass is 10.1. The third-order valence-corrected chi connectivity index (χ3v) is 3.41. The summed E-state index contributed by atoms with van der Waals surface area (Å²) < 4.78 is 34.8. The van der Waals surface area contributed by atoms with E-state index in [1.807, 2.05) is 13.8 Å². The summed E-state index contributed by atoms with van der Waals surface area (Å²) in [6.45, 7) is 4.04. The van der Waals surface area contributed by atoms with Crippen LogP contribution in [-0.2, 0) is 4.89 Å². The zero-order valence-corrected chi connectivity index (χ0v) is 13.5. The minimum atomic E-state index is -3.69. The first-order chi connectivity index (χ1) is 10.9. The number of fused-ring (bicyclic) bond motifs is 1. The molecule has 1 aromatic carbocycles. The first kappa shape index (κ1) is 17.7. The molecule has 3 rings (SSSR count). The van der Waals surface area contributed by atoms with E-state index in [4.69, 9.17) is 16.9 Å². The fourth-order valence-electron chi connectivity index (χ4n) is 2.26. The van der Waals surface area contributed by atoms with Crippen molar-refractivity contribution in [3.8, 4) is 11.5 Å². The number of nitrogens with zero attached hydrogens (tertiary/aromatic N) is 1. The van der Waals surface area contributed by atoms with E-state index < -0.39 is 6.29 Å². The Hall–Kier alpha value is -1.61. The van der Waals surface area contributed by atoms with Crippen molar-refractivity contribution in [2.24, 2.45) is 0 Å². The molecule has 2 heterocycles. The number of hydrogen-bond acceptors (Lipinski definition) is 6. The Morgan fingerprint density at radius 3 is 2.57 bits per heavy atom. The number of nitrogens with one attached hydrogen (secondary N) is 1. The molecule has 0 bridgehead atoms. The van der Waals surface area contributed by atoms with Crippen LogP contribution >= 0.6 is 11.6 Å². The maximum Gasteiger partial charge on any atom is 0.586 e. The number of hydrazine groups is 1. The fourth-order valence-corrected chi connectivity index (χ4v) is 2.51. The van der Waals surface area contributed by atoms with Crippen molar-refractivity contribution in [1.82, 2.24) is 10.4 Å². The van der Waals surface area contributed by atoms with Crippen molar-refractivity contribution in [2.45, 2.75) is 26.2 Å². The molecule has 128 valence electrons. The first-order valence-corrected chi connectivity index (χ1v) is 7.35. The molecule has 2 aliphatic heterocycles. The van der Waals surface area contributed by atoms with E-state index in [9.17, 15) is 8.78 Å². The lowest BCUT2D eigenvalue weighted by molar-refractivity contribution is -0.286. The minimum Gasteiger partial charge on any atom is -0.395 e. The Bertz CT molecular complexity index is 613. The molecule has 2 N–H and O–H groups in total. The molecule has 0 radical (unpaired) electrons. The third kappa shape index (κ3) is 3.66. The second kappa shape index (κ2) is 6.88. The topological polar surface area (TPSA) is 63.2 Å². The Kier molecular flexibility index (Phi) is 5.30. The van der Waals surface area contributed by atoms with Gasteiger partial charge in [-0.15, -0.1) is 8.78 Å². The molecule has 0 fully saturated rings. The average molecular weight is 351 g/mol. The van der Waals surface area contributed by atoms with Gasteiger partial charge in [0.15, 0.2) is 11.5 Å². The number of benzene rings is 1. The number of alkyl halides is 2. The number of hydrogen-bond donors (Lipinski definition) is 2. The van der Waals surface area contributed by atoms with Gasteiger partial charge in [0.1, 0.15) is 6.61 Å². The van der Waals surface area contributed by atoms with Crippen LogP contribution in [0.15, 0.2) is 18.2 Å². The molecule has 0 aliphatic carbocycles. The van der Waals surface area contributed by atoms with Crippen LogP contribution < -0.4 is 14.9 Å². The average Bonchev–Trinajstić information content (AvgIpc) is 2.98. The summed E-state index contributed by atoms with van der Waals surface area (Å²) >= 11 is 6.11. The van der Waals surface area contributed by atoms with E-state index in [2.05, 4.69) is 19.8 Å². The van der Waals surface area contributed by atoms with Crippen molar-refractivity contribution in [3.63, 3.8) is 0 Å². The van der Waals surface area contributed by atoms with Gasteiger partial charge in [0, 0.05) is 18.7 Å². The molecule has 9 heteroatoms. The monoisotopic (exact) mass is 350 g/mol. The lowest BCUT2D eigenvalue weighted by Gasteiger charge is -2.19. The molecule has 6 nitrogen and oxygen atoms in total. The fraction of sp³-hybridized carbons (Fsp3) is 0.429. The Morgan fingerprint density at radius 2 is 1.96 bits per heavy atom. The Labute approximate surface area is 137 Å². The van der Waals surface area contributed by atoms with E-state index >= 15 is 0 Å². The molecule has 1 atom stereocenters. The molecular formula is C14H17ClF2N2O4. The molecule has 1 aromatic rings. The quantitative estimate of drug-likeness (QED) is 0.644. The third-order valence-electron chi connectivity index (χ3n) is 3.10. The van der Waals surface area contributed by atoms with Gasteiger partial charge in [0.2, 0.25) is 0 Å². The maximum absolute atomic E-state index is 13.0. The van der Waals surface area contributed by atoms with Gasteiger partial charge in [-0.25, -0.2) is 10.3 Å². The highest BCUT2D eigenvalue weighted by atomic mass is 35.5. The van der Waals surface area contributed by atoms with Crippen molar-refractivity contribution in [2.75, 3.05) is 13.7 Å².